The minimum Gasteiger partial charge on any atom is -0.310 e. The lowest BCUT2D eigenvalue weighted by Crippen LogP contribution is -2.31. The van der Waals surface area contributed by atoms with Crippen LogP contribution in [0.2, 0.25) is 0 Å². The third kappa shape index (κ3) is 2.30. The Morgan fingerprint density at radius 2 is 2.00 bits per heavy atom. The van der Waals surface area contributed by atoms with Gasteiger partial charge in [0.1, 0.15) is 12.2 Å². The van der Waals surface area contributed by atoms with Crippen LogP contribution in [-0.4, -0.2) is 21.8 Å². The molecular formula is C14H24N4. The topological polar surface area (TPSA) is 42.7 Å². The lowest BCUT2D eigenvalue weighted by atomic mass is 9.89. The second-order valence-electron chi connectivity index (χ2n) is 5.86. The van der Waals surface area contributed by atoms with Crippen LogP contribution in [-0.2, 0) is 6.54 Å². The predicted molar refractivity (Wildman–Crippen MR) is 71.1 cm³/mol. The van der Waals surface area contributed by atoms with E-state index in [1.807, 2.05) is 0 Å². The van der Waals surface area contributed by atoms with E-state index in [9.17, 15) is 0 Å². The molecule has 2 aliphatic rings. The minimum atomic E-state index is 0.402. The van der Waals surface area contributed by atoms with E-state index in [0.29, 0.717) is 6.04 Å². The van der Waals surface area contributed by atoms with E-state index in [0.717, 1.165) is 36.5 Å². The Bertz CT molecular complexity index is 380. The Kier molecular flexibility index (Phi) is 3.37. The van der Waals surface area contributed by atoms with Crippen molar-refractivity contribution in [2.75, 3.05) is 7.05 Å². The first-order valence-corrected chi connectivity index (χ1v) is 7.40. The van der Waals surface area contributed by atoms with E-state index in [-0.39, 0.29) is 0 Å². The molecular weight excluding hydrogens is 224 g/mol. The van der Waals surface area contributed by atoms with Crippen LogP contribution in [0.5, 0.6) is 0 Å². The quantitative estimate of drug-likeness (QED) is 0.805. The Balaban J connectivity index is 1.83. The summed E-state index contributed by atoms with van der Waals surface area (Å²) in [5.41, 5.74) is 0. The first-order valence-electron chi connectivity index (χ1n) is 7.40. The number of nitrogens with zero attached hydrogens (tertiary/aromatic N) is 3. The highest BCUT2D eigenvalue weighted by molar-refractivity contribution is 5.05. The minimum absolute atomic E-state index is 0.402. The van der Waals surface area contributed by atoms with E-state index < -0.39 is 0 Å². The molecule has 1 unspecified atom stereocenters. The van der Waals surface area contributed by atoms with Gasteiger partial charge in [-0.25, -0.2) is 9.67 Å². The third-order valence-corrected chi connectivity index (χ3v) is 4.39. The van der Waals surface area contributed by atoms with Gasteiger partial charge in [-0.1, -0.05) is 6.92 Å². The Hall–Kier alpha value is -0.900. The Morgan fingerprint density at radius 3 is 2.50 bits per heavy atom. The van der Waals surface area contributed by atoms with Gasteiger partial charge in [-0.3, -0.25) is 0 Å². The van der Waals surface area contributed by atoms with Crippen molar-refractivity contribution in [1.82, 2.24) is 20.1 Å². The summed E-state index contributed by atoms with van der Waals surface area (Å²) in [6.07, 6.45) is 8.50. The third-order valence-electron chi connectivity index (χ3n) is 4.39. The van der Waals surface area contributed by atoms with Gasteiger partial charge in [0, 0.05) is 6.54 Å². The number of rotatable bonds is 7. The molecule has 0 saturated heterocycles. The van der Waals surface area contributed by atoms with Gasteiger partial charge in [0.15, 0.2) is 0 Å². The summed E-state index contributed by atoms with van der Waals surface area (Å²) in [6.45, 7) is 3.18. The van der Waals surface area contributed by atoms with E-state index >= 15 is 0 Å². The van der Waals surface area contributed by atoms with Crippen LogP contribution in [0.25, 0.3) is 0 Å². The number of hydrogen-bond acceptors (Lipinski definition) is 3. The molecule has 0 amide bonds. The molecule has 0 radical (unpaired) electrons. The molecule has 0 aliphatic heterocycles. The average Bonchev–Trinajstić information content (AvgIpc) is 3.29. The van der Waals surface area contributed by atoms with Crippen molar-refractivity contribution < 1.29 is 0 Å². The zero-order valence-corrected chi connectivity index (χ0v) is 11.5. The molecule has 0 bridgehead atoms. The smallest absolute Gasteiger partial charge is 0.144 e. The highest BCUT2D eigenvalue weighted by atomic mass is 15.3. The maximum atomic E-state index is 4.54. The van der Waals surface area contributed by atoms with Gasteiger partial charge < -0.3 is 5.32 Å². The van der Waals surface area contributed by atoms with Gasteiger partial charge in [0.2, 0.25) is 0 Å². The van der Waals surface area contributed by atoms with Gasteiger partial charge in [-0.15, -0.1) is 0 Å². The van der Waals surface area contributed by atoms with Gasteiger partial charge in [0.05, 0.1) is 6.04 Å². The summed E-state index contributed by atoms with van der Waals surface area (Å²) < 4.78 is 2.10. The van der Waals surface area contributed by atoms with Crippen molar-refractivity contribution in [3.63, 3.8) is 0 Å². The van der Waals surface area contributed by atoms with Crippen LogP contribution in [0.1, 0.15) is 50.9 Å². The number of aryl methyl sites for hydroxylation is 1. The lowest BCUT2D eigenvalue weighted by molar-refractivity contribution is 0.280. The zero-order valence-electron chi connectivity index (χ0n) is 11.5. The van der Waals surface area contributed by atoms with E-state index in [1.165, 1.54) is 25.7 Å². The SMILES string of the molecule is CCCn1ncnc1C(NC)C(C1CC1)C1CC1. The van der Waals surface area contributed by atoms with Crippen LogP contribution >= 0.6 is 0 Å². The van der Waals surface area contributed by atoms with E-state index in [2.05, 4.69) is 34.1 Å². The van der Waals surface area contributed by atoms with Crippen molar-refractivity contribution in [3.8, 4) is 0 Å². The van der Waals surface area contributed by atoms with Crippen LogP contribution in [0.15, 0.2) is 6.33 Å². The van der Waals surface area contributed by atoms with Gasteiger partial charge in [-0.2, -0.15) is 5.10 Å². The van der Waals surface area contributed by atoms with Crippen molar-refractivity contribution >= 4 is 0 Å². The first kappa shape index (κ1) is 12.2. The standard InChI is InChI=1S/C14H24N4/c1-3-8-18-14(16-9-17-18)13(15-2)12(10-4-5-10)11-6-7-11/h9-13,15H,3-8H2,1-2H3. The monoisotopic (exact) mass is 248 g/mol. The summed E-state index contributed by atoms with van der Waals surface area (Å²) in [5, 5.41) is 7.90. The summed E-state index contributed by atoms with van der Waals surface area (Å²) in [5.74, 6) is 3.81. The molecule has 100 valence electrons. The van der Waals surface area contributed by atoms with Crippen LogP contribution < -0.4 is 5.32 Å². The molecule has 2 saturated carbocycles. The maximum Gasteiger partial charge on any atom is 0.144 e. The number of aromatic nitrogens is 3. The highest BCUT2D eigenvalue weighted by Crippen LogP contribution is 2.53. The van der Waals surface area contributed by atoms with Gasteiger partial charge in [-0.05, 0) is 56.9 Å². The normalized spacial score (nSPS) is 21.5. The molecule has 1 atom stereocenters. The molecule has 4 nitrogen and oxygen atoms in total. The summed E-state index contributed by atoms with van der Waals surface area (Å²) in [7, 11) is 2.08. The maximum absolute atomic E-state index is 4.54. The number of nitrogens with one attached hydrogen (secondary N) is 1. The average molecular weight is 248 g/mol. The summed E-state index contributed by atoms with van der Waals surface area (Å²) >= 11 is 0. The first-order chi connectivity index (χ1) is 8.85. The summed E-state index contributed by atoms with van der Waals surface area (Å²) in [6, 6.07) is 0.402. The lowest BCUT2D eigenvalue weighted by Gasteiger charge is -2.26. The molecule has 1 aromatic heterocycles. The molecule has 4 heteroatoms. The fourth-order valence-corrected chi connectivity index (χ4v) is 3.28. The number of hydrogen-bond donors (Lipinski definition) is 1. The predicted octanol–water partition coefficient (Wildman–Crippen LogP) is 2.38. The van der Waals surface area contributed by atoms with Gasteiger partial charge >= 0.3 is 0 Å². The van der Waals surface area contributed by atoms with E-state index in [1.54, 1.807) is 6.33 Å². The Morgan fingerprint density at radius 1 is 1.33 bits per heavy atom. The van der Waals surface area contributed by atoms with Crippen molar-refractivity contribution in [3.05, 3.63) is 12.2 Å². The van der Waals surface area contributed by atoms with Gasteiger partial charge in [0.25, 0.3) is 0 Å². The summed E-state index contributed by atoms with van der Waals surface area (Å²) in [4.78, 5) is 4.54. The zero-order chi connectivity index (χ0) is 12.5. The molecule has 2 aliphatic carbocycles. The second-order valence-corrected chi connectivity index (χ2v) is 5.86. The molecule has 1 heterocycles. The molecule has 1 N–H and O–H groups in total. The fourth-order valence-electron chi connectivity index (χ4n) is 3.28. The molecule has 0 spiro atoms. The molecule has 0 aromatic carbocycles. The fraction of sp³-hybridized carbons (Fsp3) is 0.857. The van der Waals surface area contributed by atoms with Crippen LogP contribution in [0, 0.1) is 17.8 Å². The van der Waals surface area contributed by atoms with Crippen molar-refractivity contribution in [2.24, 2.45) is 17.8 Å². The molecule has 1 aromatic rings. The highest BCUT2D eigenvalue weighted by Gasteiger charge is 2.46. The molecule has 3 rings (SSSR count). The molecule has 2 fully saturated rings. The van der Waals surface area contributed by atoms with Crippen LogP contribution in [0.3, 0.4) is 0 Å². The molecule has 18 heavy (non-hydrogen) atoms. The van der Waals surface area contributed by atoms with E-state index in [4.69, 9.17) is 0 Å². The second kappa shape index (κ2) is 5.00. The largest absolute Gasteiger partial charge is 0.310 e. The van der Waals surface area contributed by atoms with Crippen LogP contribution in [0.4, 0.5) is 0 Å². The Labute approximate surface area is 109 Å². The van der Waals surface area contributed by atoms with Crippen molar-refractivity contribution in [2.45, 2.75) is 51.6 Å². The van der Waals surface area contributed by atoms with Crippen molar-refractivity contribution in [1.29, 1.82) is 0 Å².